The Morgan fingerprint density at radius 3 is 2.74 bits per heavy atom. The largest absolute Gasteiger partial charge is 0.494 e. The van der Waals surface area contributed by atoms with E-state index >= 15 is 0 Å². The molecule has 1 aliphatic carbocycles. The smallest absolute Gasteiger partial charge is 0.257 e. The van der Waals surface area contributed by atoms with E-state index in [2.05, 4.69) is 40.2 Å². The molecule has 2 aliphatic rings. The van der Waals surface area contributed by atoms with E-state index < -0.39 is 10.0 Å². The van der Waals surface area contributed by atoms with Crippen molar-refractivity contribution in [2.45, 2.75) is 43.2 Å². The summed E-state index contributed by atoms with van der Waals surface area (Å²) in [6.07, 6.45) is 7.03. The van der Waals surface area contributed by atoms with Crippen LogP contribution in [0.2, 0.25) is 5.02 Å². The van der Waals surface area contributed by atoms with Gasteiger partial charge in [-0.3, -0.25) is 0 Å². The number of ether oxygens (including phenoxy) is 1. The summed E-state index contributed by atoms with van der Waals surface area (Å²) in [5.41, 5.74) is 4.08. The van der Waals surface area contributed by atoms with Gasteiger partial charge in [-0.15, -0.1) is 0 Å². The zero-order valence-electron chi connectivity index (χ0n) is 19.6. The second-order valence-electron chi connectivity index (χ2n) is 9.62. The molecule has 2 unspecified atom stereocenters. The van der Waals surface area contributed by atoms with Crippen LogP contribution in [0.1, 0.15) is 35.4 Å². The highest BCUT2D eigenvalue weighted by Crippen LogP contribution is 2.42. The van der Waals surface area contributed by atoms with Gasteiger partial charge in [0, 0.05) is 24.3 Å². The molecule has 3 aromatic rings. The number of likely N-dealkylation sites (tertiary alicyclic amines) is 1. The van der Waals surface area contributed by atoms with Gasteiger partial charge < -0.3 is 14.2 Å². The molecule has 0 saturated carbocycles. The summed E-state index contributed by atoms with van der Waals surface area (Å²) >= 11 is 6.28. The van der Waals surface area contributed by atoms with E-state index in [4.69, 9.17) is 21.5 Å². The third-order valence-corrected chi connectivity index (χ3v) is 8.11. The standard InChI is InChI=1S/C26H31ClN4O3S/c27-22-5-1-4-19(12-22)13-24-21(16-30-8-2-9-30)14-20-6-7-23(15-25(20)24)34-11-3-10-31-17-26(29-18-31)35(28,32)33/h1,4-7,12,15,17-18,21,24H,2-3,8-11,13-14,16H2,(H2,28,32,33). The zero-order valence-corrected chi connectivity index (χ0v) is 21.2. The van der Waals surface area contributed by atoms with Crippen LogP contribution in [0.3, 0.4) is 0 Å². The van der Waals surface area contributed by atoms with Gasteiger partial charge in [0.05, 0.1) is 12.9 Å². The van der Waals surface area contributed by atoms with Gasteiger partial charge in [-0.05, 0) is 91.6 Å². The maximum atomic E-state index is 11.4. The number of hydrogen-bond donors (Lipinski definition) is 1. The molecular weight excluding hydrogens is 484 g/mol. The van der Waals surface area contributed by atoms with Crippen LogP contribution in [-0.4, -0.2) is 49.1 Å². The number of nitrogens with two attached hydrogens (primary N) is 1. The van der Waals surface area contributed by atoms with Crippen LogP contribution in [0.4, 0.5) is 0 Å². The third kappa shape index (κ3) is 5.89. The summed E-state index contributed by atoms with van der Waals surface area (Å²) in [6.45, 7) is 4.68. The number of rotatable bonds is 10. The molecule has 2 N–H and O–H groups in total. The van der Waals surface area contributed by atoms with Crippen molar-refractivity contribution < 1.29 is 13.2 Å². The van der Waals surface area contributed by atoms with Crippen molar-refractivity contribution in [3.63, 3.8) is 0 Å². The number of imidazole rings is 1. The predicted octanol–water partition coefficient (Wildman–Crippen LogP) is 3.86. The highest BCUT2D eigenvalue weighted by atomic mass is 35.5. The van der Waals surface area contributed by atoms with Crippen molar-refractivity contribution in [3.8, 4) is 5.75 Å². The first-order valence-corrected chi connectivity index (χ1v) is 14.0. The Bertz CT molecular complexity index is 1290. The van der Waals surface area contributed by atoms with Crippen molar-refractivity contribution in [2.75, 3.05) is 26.2 Å². The Kier molecular flexibility index (Phi) is 7.16. The van der Waals surface area contributed by atoms with Crippen molar-refractivity contribution in [3.05, 3.63) is 76.7 Å². The summed E-state index contributed by atoms with van der Waals surface area (Å²) in [4.78, 5) is 6.41. The molecule has 7 nitrogen and oxygen atoms in total. The second-order valence-corrected chi connectivity index (χ2v) is 11.6. The molecule has 5 rings (SSSR count). The molecule has 2 aromatic carbocycles. The van der Waals surface area contributed by atoms with E-state index in [0.717, 1.165) is 36.6 Å². The lowest BCUT2D eigenvalue weighted by atomic mass is 9.86. The lowest BCUT2D eigenvalue weighted by Gasteiger charge is -2.35. The second kappa shape index (κ2) is 10.3. The van der Waals surface area contributed by atoms with Crippen LogP contribution in [0.5, 0.6) is 5.75 Å². The molecule has 2 atom stereocenters. The average molecular weight is 515 g/mol. The third-order valence-electron chi connectivity index (χ3n) is 7.08. The molecule has 35 heavy (non-hydrogen) atoms. The van der Waals surface area contributed by atoms with Crippen LogP contribution in [0.15, 0.2) is 60.0 Å². The first kappa shape index (κ1) is 24.3. The fourth-order valence-electron chi connectivity index (χ4n) is 5.20. The Labute approximate surface area is 211 Å². The maximum absolute atomic E-state index is 11.4. The van der Waals surface area contributed by atoms with Gasteiger partial charge in [0.25, 0.3) is 10.0 Å². The first-order valence-electron chi connectivity index (χ1n) is 12.1. The molecule has 1 aliphatic heterocycles. The van der Waals surface area contributed by atoms with Gasteiger partial charge in [-0.1, -0.05) is 29.8 Å². The number of aryl methyl sites for hydroxylation is 1. The van der Waals surface area contributed by atoms with Gasteiger partial charge in [-0.2, -0.15) is 0 Å². The summed E-state index contributed by atoms with van der Waals surface area (Å²) in [5.74, 6) is 1.91. The van der Waals surface area contributed by atoms with Gasteiger partial charge in [0.15, 0.2) is 5.03 Å². The zero-order chi connectivity index (χ0) is 24.4. The van der Waals surface area contributed by atoms with Crippen molar-refractivity contribution in [1.29, 1.82) is 0 Å². The monoisotopic (exact) mass is 514 g/mol. The first-order chi connectivity index (χ1) is 16.8. The van der Waals surface area contributed by atoms with Crippen LogP contribution in [0.25, 0.3) is 0 Å². The fraction of sp³-hybridized carbons (Fsp3) is 0.423. The summed E-state index contributed by atoms with van der Waals surface area (Å²) in [5, 5.41) is 5.79. The fourth-order valence-corrected chi connectivity index (χ4v) is 5.89. The SMILES string of the molecule is NS(=O)(=O)c1cn(CCCOc2ccc3c(c2)C(Cc2cccc(Cl)c2)C(CN2CCC2)C3)cn1. The average Bonchev–Trinajstić information content (AvgIpc) is 3.39. The Morgan fingerprint density at radius 2 is 2.03 bits per heavy atom. The van der Waals surface area contributed by atoms with Gasteiger partial charge in [0.1, 0.15) is 5.75 Å². The van der Waals surface area contributed by atoms with Crippen LogP contribution < -0.4 is 9.88 Å². The van der Waals surface area contributed by atoms with E-state index in [1.54, 1.807) is 4.57 Å². The number of hydrogen-bond acceptors (Lipinski definition) is 5. The Balaban J connectivity index is 1.24. The van der Waals surface area contributed by atoms with E-state index in [1.165, 1.54) is 48.7 Å². The van der Waals surface area contributed by atoms with Crippen LogP contribution in [-0.2, 0) is 29.4 Å². The number of halogens is 1. The number of sulfonamides is 1. The van der Waals surface area contributed by atoms with Crippen LogP contribution >= 0.6 is 11.6 Å². The van der Waals surface area contributed by atoms with Crippen molar-refractivity contribution in [2.24, 2.45) is 11.1 Å². The van der Waals surface area contributed by atoms with E-state index in [9.17, 15) is 8.42 Å². The normalized spacial score (nSPS) is 19.9. The van der Waals surface area contributed by atoms with Gasteiger partial charge in [0.2, 0.25) is 0 Å². The molecule has 2 heterocycles. The molecule has 1 saturated heterocycles. The Morgan fingerprint density at radius 1 is 1.17 bits per heavy atom. The highest BCUT2D eigenvalue weighted by Gasteiger charge is 2.35. The lowest BCUT2D eigenvalue weighted by Crippen LogP contribution is -2.41. The van der Waals surface area contributed by atoms with E-state index in [1.807, 2.05) is 12.1 Å². The summed E-state index contributed by atoms with van der Waals surface area (Å²) < 4.78 is 30.6. The molecule has 0 bridgehead atoms. The van der Waals surface area contributed by atoms with E-state index in [-0.39, 0.29) is 5.03 Å². The van der Waals surface area contributed by atoms with Gasteiger partial charge in [-0.25, -0.2) is 18.5 Å². The molecule has 9 heteroatoms. The minimum Gasteiger partial charge on any atom is -0.494 e. The molecule has 186 valence electrons. The molecule has 0 amide bonds. The Hall–Kier alpha value is -2.39. The predicted molar refractivity (Wildman–Crippen MR) is 136 cm³/mol. The quantitative estimate of drug-likeness (QED) is 0.415. The number of nitrogens with zero attached hydrogens (tertiary/aromatic N) is 3. The van der Waals surface area contributed by atoms with Crippen LogP contribution in [0, 0.1) is 5.92 Å². The maximum Gasteiger partial charge on any atom is 0.257 e. The minimum absolute atomic E-state index is 0.115. The lowest BCUT2D eigenvalue weighted by molar-refractivity contribution is 0.145. The van der Waals surface area contributed by atoms with Crippen molar-refractivity contribution in [1.82, 2.24) is 14.5 Å². The number of benzene rings is 2. The topological polar surface area (TPSA) is 90.5 Å². The number of aromatic nitrogens is 2. The molecular formula is C26H31ClN4O3S. The summed E-state index contributed by atoms with van der Waals surface area (Å²) in [6, 6.07) is 14.7. The highest BCUT2D eigenvalue weighted by molar-refractivity contribution is 7.89. The summed E-state index contributed by atoms with van der Waals surface area (Å²) in [7, 11) is -3.78. The van der Waals surface area contributed by atoms with E-state index in [0.29, 0.717) is 25.0 Å². The molecule has 0 radical (unpaired) electrons. The number of fused-ring (bicyclic) bond motifs is 1. The molecule has 1 aromatic heterocycles. The van der Waals surface area contributed by atoms with Gasteiger partial charge >= 0.3 is 0 Å². The van der Waals surface area contributed by atoms with Crippen molar-refractivity contribution >= 4 is 21.6 Å². The minimum atomic E-state index is -3.78. The number of primary sulfonamides is 1. The molecule has 1 fully saturated rings. The molecule has 0 spiro atoms.